The lowest BCUT2D eigenvalue weighted by molar-refractivity contribution is 1.09. The number of hydrogen-bond donors (Lipinski definition) is 3. The Balaban J connectivity index is 1.51. The van der Waals surface area contributed by atoms with Crippen LogP contribution in [0.25, 0.3) is 20.7 Å². The van der Waals surface area contributed by atoms with Crippen molar-refractivity contribution >= 4 is 50.4 Å². The first-order valence-electron chi connectivity index (χ1n) is 7.97. The summed E-state index contributed by atoms with van der Waals surface area (Å²) in [6.45, 7) is 0. The van der Waals surface area contributed by atoms with E-state index in [2.05, 4.69) is 44.3 Å². The summed E-state index contributed by atoms with van der Waals surface area (Å²) >= 11 is 6.96. The number of hydrogen-bond acceptors (Lipinski definition) is 5. The second kappa shape index (κ2) is 7.47. The largest absolute Gasteiger partial charge is 0.331 e. The predicted molar refractivity (Wildman–Crippen MR) is 112 cm³/mol. The van der Waals surface area contributed by atoms with E-state index in [9.17, 15) is 0 Å². The van der Waals surface area contributed by atoms with Crippen molar-refractivity contribution in [3.05, 3.63) is 73.1 Å². The van der Waals surface area contributed by atoms with Crippen molar-refractivity contribution in [2.45, 2.75) is 0 Å². The fourth-order valence-corrected chi connectivity index (χ4v) is 3.72. The second-order valence-corrected chi connectivity index (χ2v) is 6.94. The molecule has 0 unspecified atom stereocenters. The van der Waals surface area contributed by atoms with Crippen LogP contribution >= 0.6 is 23.6 Å². The van der Waals surface area contributed by atoms with Gasteiger partial charge in [0.2, 0.25) is 0 Å². The molecule has 4 rings (SSSR count). The molecule has 0 saturated carbocycles. The Morgan fingerprint density at radius 1 is 0.923 bits per heavy atom. The molecule has 0 atom stereocenters. The summed E-state index contributed by atoms with van der Waals surface area (Å²) in [4.78, 5) is 9.84. The van der Waals surface area contributed by atoms with Gasteiger partial charge >= 0.3 is 0 Å². The van der Waals surface area contributed by atoms with Crippen LogP contribution in [-0.4, -0.2) is 15.1 Å². The Bertz CT molecular complexity index is 1030. The number of aromatic nitrogens is 2. The summed E-state index contributed by atoms with van der Waals surface area (Å²) in [7, 11) is 0. The zero-order valence-electron chi connectivity index (χ0n) is 13.6. The molecule has 0 radical (unpaired) electrons. The molecular weight excluding hydrogens is 362 g/mol. The summed E-state index contributed by atoms with van der Waals surface area (Å²) in [6, 6.07) is 22.1. The van der Waals surface area contributed by atoms with Crippen LogP contribution in [0.5, 0.6) is 0 Å². The standard InChI is InChI=1S/C19H15N5S2/c25-19(22-14-9-5-2-6-10-14)24-23-18-17-15(20-12-21-18)11-16(26-17)13-7-3-1-4-8-13/h1-12H,(H,20,21,23)(H2,22,24,25). The number of benzene rings is 2. The molecule has 7 heteroatoms. The van der Waals surface area contributed by atoms with E-state index in [-0.39, 0.29) is 0 Å². The molecule has 0 spiro atoms. The fourth-order valence-electron chi connectivity index (χ4n) is 2.49. The number of para-hydroxylation sites is 1. The summed E-state index contributed by atoms with van der Waals surface area (Å²) in [6.07, 6.45) is 1.54. The average molecular weight is 377 g/mol. The van der Waals surface area contributed by atoms with Crippen LogP contribution in [0.3, 0.4) is 0 Å². The lowest BCUT2D eigenvalue weighted by Crippen LogP contribution is -2.33. The third kappa shape index (κ3) is 3.63. The number of nitrogens with one attached hydrogen (secondary N) is 3. The van der Waals surface area contributed by atoms with Crippen molar-refractivity contribution in [2.24, 2.45) is 0 Å². The van der Waals surface area contributed by atoms with Crippen molar-refractivity contribution in [1.29, 1.82) is 0 Å². The SMILES string of the molecule is S=C(NNc1ncnc2cc(-c3ccccc3)sc12)Nc1ccccc1. The predicted octanol–water partition coefficient (Wildman–Crippen LogP) is 4.67. The highest BCUT2D eigenvalue weighted by Crippen LogP contribution is 2.35. The molecule has 3 N–H and O–H groups in total. The first kappa shape index (κ1) is 16.4. The maximum absolute atomic E-state index is 5.31. The highest BCUT2D eigenvalue weighted by molar-refractivity contribution is 7.80. The Morgan fingerprint density at radius 3 is 2.42 bits per heavy atom. The number of rotatable bonds is 4. The van der Waals surface area contributed by atoms with Gasteiger partial charge in [-0.25, -0.2) is 9.97 Å². The summed E-state index contributed by atoms with van der Waals surface area (Å²) in [5.74, 6) is 0.694. The molecule has 128 valence electrons. The zero-order valence-corrected chi connectivity index (χ0v) is 15.3. The number of nitrogens with zero attached hydrogens (tertiary/aromatic N) is 2. The molecular formula is C19H15N5S2. The van der Waals surface area contributed by atoms with Gasteiger partial charge in [0.15, 0.2) is 10.9 Å². The quantitative estimate of drug-likeness (QED) is 0.355. The highest BCUT2D eigenvalue weighted by atomic mass is 32.1. The molecule has 2 heterocycles. The van der Waals surface area contributed by atoms with Crippen molar-refractivity contribution in [1.82, 2.24) is 15.4 Å². The van der Waals surface area contributed by atoms with Crippen LogP contribution in [0, 0.1) is 0 Å². The van der Waals surface area contributed by atoms with Crippen molar-refractivity contribution in [2.75, 3.05) is 10.7 Å². The molecule has 0 fully saturated rings. The van der Waals surface area contributed by atoms with Gasteiger partial charge < -0.3 is 5.32 Å². The van der Waals surface area contributed by atoms with Gasteiger partial charge in [-0.1, -0.05) is 48.5 Å². The molecule has 2 aromatic carbocycles. The monoisotopic (exact) mass is 377 g/mol. The molecule has 4 aromatic rings. The molecule has 0 aliphatic carbocycles. The maximum Gasteiger partial charge on any atom is 0.189 e. The third-order valence-corrected chi connectivity index (χ3v) is 5.08. The first-order chi connectivity index (χ1) is 12.8. The Kier molecular flexibility index (Phi) is 4.72. The van der Waals surface area contributed by atoms with Crippen molar-refractivity contribution in [3.63, 3.8) is 0 Å². The fraction of sp³-hybridized carbons (Fsp3) is 0. The lowest BCUT2D eigenvalue weighted by atomic mass is 10.2. The van der Waals surface area contributed by atoms with Crippen LogP contribution in [0.1, 0.15) is 0 Å². The molecule has 0 amide bonds. The average Bonchev–Trinajstić information content (AvgIpc) is 3.13. The smallest absolute Gasteiger partial charge is 0.189 e. The van der Waals surface area contributed by atoms with Crippen molar-refractivity contribution < 1.29 is 0 Å². The molecule has 0 aliphatic rings. The molecule has 0 saturated heterocycles. The Morgan fingerprint density at radius 2 is 1.65 bits per heavy atom. The highest BCUT2D eigenvalue weighted by Gasteiger charge is 2.10. The van der Waals surface area contributed by atoms with Gasteiger partial charge in [-0.3, -0.25) is 10.9 Å². The third-order valence-electron chi connectivity index (χ3n) is 3.70. The summed E-state index contributed by atoms with van der Waals surface area (Å²) < 4.78 is 0.973. The van der Waals surface area contributed by atoms with Crippen LogP contribution in [0.15, 0.2) is 73.1 Å². The Hall–Kier alpha value is -3.03. The van der Waals surface area contributed by atoms with Crippen LogP contribution in [0.4, 0.5) is 11.5 Å². The van der Waals surface area contributed by atoms with E-state index in [1.54, 1.807) is 17.7 Å². The minimum absolute atomic E-state index is 0.461. The van der Waals surface area contributed by atoms with Gasteiger partial charge in [0.1, 0.15) is 6.33 Å². The number of hydrazine groups is 1. The van der Waals surface area contributed by atoms with E-state index in [0.29, 0.717) is 10.9 Å². The normalized spacial score (nSPS) is 10.5. The lowest BCUT2D eigenvalue weighted by Gasteiger charge is -2.12. The molecule has 26 heavy (non-hydrogen) atoms. The van der Waals surface area contributed by atoms with Gasteiger partial charge in [0, 0.05) is 10.6 Å². The van der Waals surface area contributed by atoms with E-state index in [1.165, 1.54) is 0 Å². The summed E-state index contributed by atoms with van der Waals surface area (Å²) in [5.41, 5.74) is 9.03. The van der Waals surface area contributed by atoms with Crippen molar-refractivity contribution in [3.8, 4) is 10.4 Å². The van der Waals surface area contributed by atoms with Crippen LogP contribution < -0.4 is 16.2 Å². The van der Waals surface area contributed by atoms with Crippen LogP contribution in [0.2, 0.25) is 0 Å². The van der Waals surface area contributed by atoms with E-state index >= 15 is 0 Å². The topological polar surface area (TPSA) is 61.9 Å². The van der Waals surface area contributed by atoms with E-state index < -0.39 is 0 Å². The van der Waals surface area contributed by atoms with Gasteiger partial charge in [0.05, 0.1) is 10.2 Å². The van der Waals surface area contributed by atoms with Gasteiger partial charge in [-0.05, 0) is 36.0 Å². The Labute approximate surface area is 160 Å². The van der Waals surface area contributed by atoms with Crippen LogP contribution in [-0.2, 0) is 0 Å². The van der Waals surface area contributed by atoms with E-state index in [4.69, 9.17) is 12.2 Å². The molecule has 0 aliphatic heterocycles. The molecule has 2 aromatic heterocycles. The second-order valence-electron chi connectivity index (χ2n) is 5.48. The van der Waals surface area contributed by atoms with Gasteiger partial charge in [0.25, 0.3) is 0 Å². The maximum atomic E-state index is 5.31. The molecule has 0 bridgehead atoms. The minimum Gasteiger partial charge on any atom is -0.331 e. The number of anilines is 2. The van der Waals surface area contributed by atoms with E-state index in [0.717, 1.165) is 26.3 Å². The number of thiophene rings is 1. The zero-order chi connectivity index (χ0) is 17.8. The van der Waals surface area contributed by atoms with Gasteiger partial charge in [-0.15, -0.1) is 11.3 Å². The van der Waals surface area contributed by atoms with Gasteiger partial charge in [-0.2, -0.15) is 0 Å². The number of thiocarbonyl (C=S) groups is 1. The van der Waals surface area contributed by atoms with E-state index in [1.807, 2.05) is 48.5 Å². The number of fused-ring (bicyclic) bond motifs is 1. The summed E-state index contributed by atoms with van der Waals surface area (Å²) in [5, 5.41) is 3.57. The minimum atomic E-state index is 0.461. The first-order valence-corrected chi connectivity index (χ1v) is 9.20. The molecule has 5 nitrogen and oxygen atoms in total.